The largest absolute Gasteiger partial charge is 0.415 e. The zero-order valence-electron chi connectivity index (χ0n) is 14.7. The van der Waals surface area contributed by atoms with Crippen LogP contribution in [-0.2, 0) is 0 Å². The molecular weight excluding hydrogens is 354 g/mol. The molecule has 0 aliphatic carbocycles. The Morgan fingerprint density at radius 3 is 2.44 bits per heavy atom. The summed E-state index contributed by atoms with van der Waals surface area (Å²) < 4.78 is 31.9. The molecule has 1 saturated heterocycles. The average Bonchev–Trinajstić information content (AvgIpc) is 2.67. The lowest BCUT2D eigenvalue weighted by Gasteiger charge is -2.31. The molecule has 2 aromatic carbocycles. The summed E-state index contributed by atoms with van der Waals surface area (Å²) in [5.74, 6) is -1.50. The van der Waals surface area contributed by atoms with Crippen LogP contribution >= 0.6 is 0 Å². The van der Waals surface area contributed by atoms with Gasteiger partial charge in [0.15, 0.2) is 0 Å². The highest BCUT2D eigenvalue weighted by molar-refractivity contribution is 5.94. The lowest BCUT2D eigenvalue weighted by atomic mass is 9.97. The summed E-state index contributed by atoms with van der Waals surface area (Å²) in [5.41, 5.74) is -0.180. The van der Waals surface area contributed by atoms with Crippen LogP contribution in [0.1, 0.15) is 23.2 Å². The smallest absolute Gasteiger partial charge is 0.410 e. The Hall–Kier alpha value is -2.96. The van der Waals surface area contributed by atoms with Crippen molar-refractivity contribution in [3.05, 3.63) is 65.7 Å². The van der Waals surface area contributed by atoms with Crippen LogP contribution in [0.15, 0.2) is 48.5 Å². The van der Waals surface area contributed by atoms with Gasteiger partial charge in [-0.3, -0.25) is 4.79 Å². The first-order valence-electron chi connectivity index (χ1n) is 8.78. The standard InChI is InChI=1S/C20H20F2N2O3/c21-15-6-7-17(18(22)12-15)19(25)23-13-14-8-10-24(11-9-14)20(26)27-16-4-2-1-3-5-16/h1-7,12,14H,8-11,13H2,(H,23,25). The van der Waals surface area contributed by atoms with Gasteiger partial charge in [0, 0.05) is 25.7 Å². The van der Waals surface area contributed by atoms with Gasteiger partial charge in [0.1, 0.15) is 17.4 Å². The summed E-state index contributed by atoms with van der Waals surface area (Å²) in [6, 6.07) is 11.7. The van der Waals surface area contributed by atoms with E-state index in [4.69, 9.17) is 4.74 Å². The van der Waals surface area contributed by atoms with Crippen molar-refractivity contribution >= 4 is 12.0 Å². The predicted octanol–water partition coefficient (Wildman–Crippen LogP) is 3.61. The minimum atomic E-state index is -0.883. The van der Waals surface area contributed by atoms with Gasteiger partial charge in [0.2, 0.25) is 0 Å². The molecule has 0 bridgehead atoms. The molecule has 1 aliphatic heterocycles. The van der Waals surface area contributed by atoms with Crippen LogP contribution in [0.4, 0.5) is 13.6 Å². The summed E-state index contributed by atoms with van der Waals surface area (Å²) >= 11 is 0. The Kier molecular flexibility index (Phi) is 6.01. The van der Waals surface area contributed by atoms with Crippen molar-refractivity contribution < 1.29 is 23.1 Å². The predicted molar refractivity (Wildman–Crippen MR) is 95.5 cm³/mol. The zero-order valence-corrected chi connectivity index (χ0v) is 14.7. The van der Waals surface area contributed by atoms with Crippen LogP contribution in [-0.4, -0.2) is 36.5 Å². The monoisotopic (exact) mass is 374 g/mol. The SMILES string of the molecule is O=C(NCC1CCN(C(=O)Oc2ccccc2)CC1)c1ccc(F)cc1F. The van der Waals surface area contributed by atoms with Crippen molar-refractivity contribution in [1.82, 2.24) is 10.2 Å². The average molecular weight is 374 g/mol. The van der Waals surface area contributed by atoms with Crippen LogP contribution in [0.2, 0.25) is 0 Å². The summed E-state index contributed by atoms with van der Waals surface area (Å²) in [6.07, 6.45) is 1.02. The van der Waals surface area contributed by atoms with E-state index in [1.807, 2.05) is 6.07 Å². The third-order valence-corrected chi connectivity index (χ3v) is 4.55. The van der Waals surface area contributed by atoms with E-state index < -0.39 is 23.6 Å². The molecule has 2 aromatic rings. The fourth-order valence-electron chi connectivity index (χ4n) is 2.98. The number of rotatable bonds is 4. The molecule has 5 nitrogen and oxygen atoms in total. The maximum Gasteiger partial charge on any atom is 0.415 e. The zero-order chi connectivity index (χ0) is 19.2. The van der Waals surface area contributed by atoms with E-state index in [2.05, 4.69) is 5.32 Å². The Morgan fingerprint density at radius 1 is 1.07 bits per heavy atom. The molecule has 1 N–H and O–H groups in total. The van der Waals surface area contributed by atoms with Crippen molar-refractivity contribution in [1.29, 1.82) is 0 Å². The number of nitrogens with one attached hydrogen (secondary N) is 1. The van der Waals surface area contributed by atoms with Crippen molar-refractivity contribution in [2.75, 3.05) is 19.6 Å². The molecule has 3 rings (SSSR count). The number of halogens is 2. The van der Waals surface area contributed by atoms with E-state index in [1.54, 1.807) is 29.2 Å². The number of amides is 2. The van der Waals surface area contributed by atoms with E-state index in [9.17, 15) is 18.4 Å². The topological polar surface area (TPSA) is 58.6 Å². The van der Waals surface area contributed by atoms with E-state index in [0.29, 0.717) is 44.3 Å². The first-order valence-corrected chi connectivity index (χ1v) is 8.78. The number of ether oxygens (including phenoxy) is 1. The summed E-state index contributed by atoms with van der Waals surface area (Å²) in [6.45, 7) is 1.42. The van der Waals surface area contributed by atoms with Crippen LogP contribution in [0.3, 0.4) is 0 Å². The van der Waals surface area contributed by atoms with Gasteiger partial charge < -0.3 is 15.0 Å². The van der Waals surface area contributed by atoms with Crippen LogP contribution < -0.4 is 10.1 Å². The molecule has 2 amide bonds. The van der Waals surface area contributed by atoms with Gasteiger partial charge in [-0.25, -0.2) is 13.6 Å². The maximum absolute atomic E-state index is 13.6. The molecule has 0 aromatic heterocycles. The maximum atomic E-state index is 13.6. The van der Waals surface area contributed by atoms with E-state index in [0.717, 1.165) is 12.1 Å². The van der Waals surface area contributed by atoms with E-state index in [1.165, 1.54) is 0 Å². The summed E-state index contributed by atoms with van der Waals surface area (Å²) in [5, 5.41) is 2.68. The molecule has 0 unspecified atom stereocenters. The summed E-state index contributed by atoms with van der Waals surface area (Å²) in [4.78, 5) is 25.8. The molecule has 1 aliphatic rings. The minimum absolute atomic E-state index is 0.179. The lowest BCUT2D eigenvalue weighted by Crippen LogP contribution is -2.42. The third kappa shape index (κ3) is 5.03. The van der Waals surface area contributed by atoms with Gasteiger partial charge in [-0.15, -0.1) is 0 Å². The number of likely N-dealkylation sites (tertiary alicyclic amines) is 1. The first kappa shape index (κ1) is 18.8. The second-order valence-corrected chi connectivity index (χ2v) is 6.45. The summed E-state index contributed by atoms with van der Waals surface area (Å²) in [7, 11) is 0. The first-order chi connectivity index (χ1) is 13.0. The van der Waals surface area contributed by atoms with E-state index >= 15 is 0 Å². The Morgan fingerprint density at radius 2 is 1.78 bits per heavy atom. The fraction of sp³-hybridized carbons (Fsp3) is 0.300. The van der Waals surface area contributed by atoms with Crippen molar-refractivity contribution in [2.45, 2.75) is 12.8 Å². The number of benzene rings is 2. The van der Waals surface area contributed by atoms with Gasteiger partial charge in [-0.2, -0.15) is 0 Å². The molecule has 142 valence electrons. The number of hydrogen-bond acceptors (Lipinski definition) is 3. The lowest BCUT2D eigenvalue weighted by molar-refractivity contribution is 0.0927. The molecule has 0 spiro atoms. The molecule has 0 atom stereocenters. The second kappa shape index (κ2) is 8.62. The number of carbonyl (C=O) groups is 2. The molecule has 1 heterocycles. The van der Waals surface area contributed by atoms with Gasteiger partial charge in [0.25, 0.3) is 5.91 Å². The van der Waals surface area contributed by atoms with Gasteiger partial charge in [-0.1, -0.05) is 18.2 Å². The number of hydrogen-bond donors (Lipinski definition) is 1. The molecule has 7 heteroatoms. The van der Waals surface area contributed by atoms with Crippen LogP contribution in [0.25, 0.3) is 0 Å². The van der Waals surface area contributed by atoms with Crippen LogP contribution in [0, 0.1) is 17.6 Å². The molecule has 27 heavy (non-hydrogen) atoms. The molecule has 0 radical (unpaired) electrons. The number of carbonyl (C=O) groups excluding carboxylic acids is 2. The van der Waals surface area contributed by atoms with Crippen molar-refractivity contribution in [3.8, 4) is 5.75 Å². The Balaban J connectivity index is 1.44. The highest BCUT2D eigenvalue weighted by atomic mass is 19.1. The highest BCUT2D eigenvalue weighted by Crippen LogP contribution is 2.19. The fourth-order valence-corrected chi connectivity index (χ4v) is 2.98. The van der Waals surface area contributed by atoms with Crippen molar-refractivity contribution in [2.24, 2.45) is 5.92 Å². The van der Waals surface area contributed by atoms with Crippen molar-refractivity contribution in [3.63, 3.8) is 0 Å². The molecular formula is C20H20F2N2O3. The number of piperidine rings is 1. The highest BCUT2D eigenvalue weighted by Gasteiger charge is 2.24. The van der Waals surface area contributed by atoms with Crippen LogP contribution in [0.5, 0.6) is 5.75 Å². The molecule has 1 fully saturated rings. The normalized spacial score (nSPS) is 14.7. The Labute approximate surface area is 155 Å². The van der Waals surface area contributed by atoms with Gasteiger partial charge in [0.05, 0.1) is 5.56 Å². The van der Waals surface area contributed by atoms with Gasteiger partial charge >= 0.3 is 6.09 Å². The van der Waals surface area contributed by atoms with E-state index in [-0.39, 0.29) is 11.5 Å². The Bertz CT molecular complexity index is 806. The number of nitrogens with zero attached hydrogens (tertiary/aromatic N) is 1. The molecule has 0 saturated carbocycles. The van der Waals surface area contributed by atoms with Gasteiger partial charge in [-0.05, 0) is 43.0 Å². The number of para-hydroxylation sites is 1. The quantitative estimate of drug-likeness (QED) is 0.890. The second-order valence-electron chi connectivity index (χ2n) is 6.45. The third-order valence-electron chi connectivity index (χ3n) is 4.55. The minimum Gasteiger partial charge on any atom is -0.410 e.